The van der Waals surface area contributed by atoms with Crippen LogP contribution in [0, 0.1) is 5.92 Å². The lowest BCUT2D eigenvalue weighted by molar-refractivity contribution is -0.181. The quantitative estimate of drug-likeness (QED) is 0.768. The third kappa shape index (κ3) is 2.88. The van der Waals surface area contributed by atoms with Crippen LogP contribution >= 0.6 is 0 Å². The van der Waals surface area contributed by atoms with Crippen molar-refractivity contribution in [3.8, 4) is 0 Å². The number of nitrogens with zero attached hydrogens (tertiary/aromatic N) is 4. The minimum atomic E-state index is -0.334. The average molecular weight is 332 g/mol. The zero-order valence-electron chi connectivity index (χ0n) is 14.4. The van der Waals surface area contributed by atoms with Crippen LogP contribution < -0.4 is 0 Å². The Morgan fingerprint density at radius 2 is 2.00 bits per heavy atom. The molecule has 7 nitrogen and oxygen atoms in total. The summed E-state index contributed by atoms with van der Waals surface area (Å²) in [4.78, 5) is 36.4. The molecule has 2 fully saturated rings. The largest absolute Gasteiger partial charge is 0.369 e. The number of hydrogen-bond donors (Lipinski definition) is 0. The van der Waals surface area contributed by atoms with Crippen LogP contribution in [0.5, 0.6) is 0 Å². The molecule has 3 rings (SSSR count). The predicted molar refractivity (Wildman–Crippen MR) is 87.2 cm³/mol. The number of carbonyl (C=O) groups is 2. The molecule has 130 valence electrons. The first-order chi connectivity index (χ1) is 11.5. The van der Waals surface area contributed by atoms with Crippen molar-refractivity contribution < 1.29 is 14.3 Å². The van der Waals surface area contributed by atoms with Crippen molar-refractivity contribution in [1.82, 2.24) is 19.8 Å². The van der Waals surface area contributed by atoms with E-state index in [0.717, 1.165) is 12.8 Å². The van der Waals surface area contributed by atoms with Crippen molar-refractivity contribution in [1.29, 1.82) is 0 Å². The molecule has 24 heavy (non-hydrogen) atoms. The Hall–Kier alpha value is -2.02. The summed E-state index contributed by atoms with van der Waals surface area (Å²) < 4.78 is 5.40. The van der Waals surface area contributed by atoms with E-state index < -0.39 is 0 Å². The van der Waals surface area contributed by atoms with Crippen molar-refractivity contribution >= 4 is 11.8 Å². The van der Waals surface area contributed by atoms with Crippen molar-refractivity contribution in [2.45, 2.75) is 44.9 Å². The molecule has 0 N–H and O–H groups in total. The fraction of sp³-hybridized carbons (Fsp3) is 0.647. The maximum Gasteiger partial charge on any atom is 0.274 e. The normalized spacial score (nSPS) is 25.1. The van der Waals surface area contributed by atoms with E-state index in [4.69, 9.17) is 4.74 Å². The van der Waals surface area contributed by atoms with Crippen molar-refractivity contribution in [3.63, 3.8) is 0 Å². The highest BCUT2D eigenvalue weighted by molar-refractivity contribution is 5.92. The first kappa shape index (κ1) is 16.8. The molecule has 0 radical (unpaired) electrons. The zero-order chi connectivity index (χ0) is 17.3. The molecule has 0 unspecified atom stereocenters. The highest BCUT2D eigenvalue weighted by Gasteiger charge is 2.52. The summed E-state index contributed by atoms with van der Waals surface area (Å²) in [5.41, 5.74) is 0.383. The Labute approximate surface area is 142 Å². The molecule has 0 aromatic carbocycles. The van der Waals surface area contributed by atoms with Crippen LogP contribution in [0.4, 0.5) is 0 Å². The number of ether oxygens (including phenoxy) is 1. The van der Waals surface area contributed by atoms with Crippen molar-refractivity contribution in [2.75, 3.05) is 20.2 Å². The van der Waals surface area contributed by atoms with Gasteiger partial charge in [0.05, 0.1) is 12.2 Å². The first-order valence-corrected chi connectivity index (χ1v) is 8.45. The van der Waals surface area contributed by atoms with Crippen LogP contribution in [0.3, 0.4) is 0 Å². The first-order valence-electron chi connectivity index (χ1n) is 8.45. The average Bonchev–Trinajstić information content (AvgIpc) is 2.60. The molecular weight excluding hydrogens is 308 g/mol. The minimum absolute atomic E-state index is 0.0738. The number of piperidine rings is 1. The Balaban J connectivity index is 1.62. The van der Waals surface area contributed by atoms with E-state index >= 15 is 0 Å². The fourth-order valence-corrected chi connectivity index (χ4v) is 3.83. The summed E-state index contributed by atoms with van der Waals surface area (Å²) in [6.07, 6.45) is 5.99. The van der Waals surface area contributed by atoms with Gasteiger partial charge in [-0.25, -0.2) is 4.98 Å². The number of likely N-dealkylation sites (tertiary alicyclic amines) is 2. The smallest absolute Gasteiger partial charge is 0.274 e. The van der Waals surface area contributed by atoms with E-state index in [1.807, 2.05) is 23.6 Å². The van der Waals surface area contributed by atoms with E-state index in [1.165, 1.54) is 12.4 Å². The SMILES string of the molecule is CO[C@H]1C(=O)N(C(C)C)[C@H]1C1CCN(C(=O)c2cnccn2)CC1. The predicted octanol–water partition coefficient (Wildman–Crippen LogP) is 0.963. The molecule has 1 aromatic rings. The van der Waals surface area contributed by atoms with E-state index in [0.29, 0.717) is 24.7 Å². The van der Waals surface area contributed by atoms with Gasteiger partial charge >= 0.3 is 0 Å². The lowest BCUT2D eigenvalue weighted by Crippen LogP contribution is -2.70. The lowest BCUT2D eigenvalue weighted by Gasteiger charge is -2.53. The van der Waals surface area contributed by atoms with Gasteiger partial charge in [0, 0.05) is 38.6 Å². The standard InChI is InChI=1S/C17H24N4O3/c1-11(2)21-14(15(24-3)17(21)23)12-4-8-20(9-5-12)16(22)13-10-18-6-7-19-13/h6-7,10-12,14-15H,4-5,8-9H2,1-3H3/t14-,15+/m0/s1. The Kier molecular flexibility index (Phi) is 4.80. The number of methoxy groups -OCH3 is 1. The van der Waals surface area contributed by atoms with Crippen LogP contribution in [0.25, 0.3) is 0 Å². The third-order valence-corrected chi connectivity index (χ3v) is 5.03. The molecule has 1 aromatic heterocycles. The Morgan fingerprint density at radius 3 is 2.54 bits per heavy atom. The molecule has 2 amide bonds. The number of β-lactam (4-membered cyclic amide) rings is 1. The molecule has 0 aliphatic carbocycles. The summed E-state index contributed by atoms with van der Waals surface area (Å²) in [5, 5.41) is 0. The van der Waals surface area contributed by atoms with Crippen LogP contribution in [0.2, 0.25) is 0 Å². The highest BCUT2D eigenvalue weighted by Crippen LogP contribution is 2.36. The second kappa shape index (κ2) is 6.84. The van der Waals surface area contributed by atoms with Gasteiger partial charge in [0.1, 0.15) is 5.69 Å². The second-order valence-electron chi connectivity index (χ2n) is 6.71. The van der Waals surface area contributed by atoms with Crippen LogP contribution in [-0.2, 0) is 9.53 Å². The van der Waals surface area contributed by atoms with Crippen LogP contribution in [0.1, 0.15) is 37.2 Å². The van der Waals surface area contributed by atoms with Gasteiger partial charge in [-0.15, -0.1) is 0 Å². The molecule has 7 heteroatoms. The second-order valence-corrected chi connectivity index (χ2v) is 6.71. The Bertz CT molecular complexity index is 599. The molecule has 2 aliphatic heterocycles. The fourth-order valence-electron chi connectivity index (χ4n) is 3.83. The lowest BCUT2D eigenvalue weighted by atomic mass is 9.79. The van der Waals surface area contributed by atoms with Gasteiger partial charge in [0.2, 0.25) is 0 Å². The van der Waals surface area contributed by atoms with Gasteiger partial charge in [-0.3, -0.25) is 14.6 Å². The minimum Gasteiger partial charge on any atom is -0.369 e. The molecular formula is C17H24N4O3. The molecule has 2 aliphatic rings. The number of carbonyl (C=O) groups excluding carboxylic acids is 2. The summed E-state index contributed by atoms with van der Waals surface area (Å²) in [6, 6.07) is 0.296. The molecule has 0 spiro atoms. The Morgan fingerprint density at radius 1 is 1.29 bits per heavy atom. The molecule has 0 saturated carbocycles. The summed E-state index contributed by atoms with van der Waals surface area (Å²) in [6.45, 7) is 5.41. The number of hydrogen-bond acceptors (Lipinski definition) is 5. The van der Waals surface area contributed by atoms with E-state index in [-0.39, 0.29) is 30.0 Å². The number of rotatable bonds is 4. The van der Waals surface area contributed by atoms with E-state index in [9.17, 15) is 9.59 Å². The van der Waals surface area contributed by atoms with Crippen LogP contribution in [0.15, 0.2) is 18.6 Å². The number of amides is 2. The maximum atomic E-state index is 12.4. The summed E-state index contributed by atoms with van der Waals surface area (Å²) in [5.74, 6) is 0.367. The van der Waals surface area contributed by atoms with Gasteiger partial charge in [-0.1, -0.05) is 0 Å². The molecule has 2 atom stereocenters. The van der Waals surface area contributed by atoms with Gasteiger partial charge in [-0.05, 0) is 32.6 Å². The van der Waals surface area contributed by atoms with Gasteiger partial charge < -0.3 is 14.5 Å². The van der Waals surface area contributed by atoms with Gasteiger partial charge in [-0.2, -0.15) is 0 Å². The topological polar surface area (TPSA) is 75.6 Å². The summed E-state index contributed by atoms with van der Waals surface area (Å²) in [7, 11) is 1.60. The van der Waals surface area contributed by atoms with Crippen LogP contribution in [-0.4, -0.2) is 70.0 Å². The van der Waals surface area contributed by atoms with Gasteiger partial charge in [0.25, 0.3) is 11.8 Å². The molecule has 0 bridgehead atoms. The highest BCUT2D eigenvalue weighted by atomic mass is 16.5. The van der Waals surface area contributed by atoms with Crippen molar-refractivity contribution in [2.24, 2.45) is 5.92 Å². The molecule has 2 saturated heterocycles. The van der Waals surface area contributed by atoms with E-state index in [2.05, 4.69) is 9.97 Å². The van der Waals surface area contributed by atoms with Crippen molar-refractivity contribution in [3.05, 3.63) is 24.3 Å². The zero-order valence-corrected chi connectivity index (χ0v) is 14.4. The monoisotopic (exact) mass is 332 g/mol. The third-order valence-electron chi connectivity index (χ3n) is 5.03. The number of aromatic nitrogens is 2. The molecule has 3 heterocycles. The summed E-state index contributed by atoms with van der Waals surface area (Å²) >= 11 is 0. The maximum absolute atomic E-state index is 12.4. The van der Waals surface area contributed by atoms with Gasteiger partial charge in [0.15, 0.2) is 6.10 Å². The van der Waals surface area contributed by atoms with E-state index in [1.54, 1.807) is 13.3 Å².